The minimum atomic E-state index is -0.485. The largest absolute Gasteiger partial charge is 0.363 e. The number of nitrogens with zero attached hydrogens (tertiary/aromatic N) is 4. The monoisotopic (exact) mass is 392 g/mol. The predicted octanol–water partition coefficient (Wildman–Crippen LogP) is 2.48. The lowest BCUT2D eigenvalue weighted by Gasteiger charge is -2.34. The summed E-state index contributed by atoms with van der Waals surface area (Å²) in [7, 11) is 2.17. The van der Waals surface area contributed by atoms with Crippen LogP contribution in [0.15, 0.2) is 30.5 Å². The van der Waals surface area contributed by atoms with Gasteiger partial charge >= 0.3 is 0 Å². The molecule has 6 heteroatoms. The lowest BCUT2D eigenvalue weighted by atomic mass is 9.95. The molecule has 1 fully saturated rings. The van der Waals surface area contributed by atoms with Crippen molar-refractivity contribution in [2.24, 2.45) is 0 Å². The second-order valence-corrected chi connectivity index (χ2v) is 8.49. The molecule has 0 saturated carbocycles. The number of ether oxygens (including phenoxy) is 1. The van der Waals surface area contributed by atoms with Gasteiger partial charge in [-0.15, -0.1) is 0 Å². The van der Waals surface area contributed by atoms with Crippen LogP contribution in [0.25, 0.3) is 0 Å². The molecule has 1 saturated heterocycles. The standard InChI is InChI=1S/C23H28N4O2/c1-26-10-6-17(7-11-26)22-24-14-18-15-27(12-8-20(18)25-22)23(28)21-19-5-3-2-4-16(19)9-13-29-21/h2-5,14,17,21H,6-13,15H2,1H3. The molecule has 0 aliphatic carbocycles. The van der Waals surface area contributed by atoms with Crippen LogP contribution in [0, 0.1) is 0 Å². The first-order valence-electron chi connectivity index (χ1n) is 10.7. The van der Waals surface area contributed by atoms with Gasteiger partial charge in [0, 0.05) is 37.2 Å². The van der Waals surface area contributed by atoms with Gasteiger partial charge in [0.15, 0.2) is 6.10 Å². The highest BCUT2D eigenvalue weighted by molar-refractivity contribution is 5.83. The number of piperidine rings is 1. The van der Waals surface area contributed by atoms with Gasteiger partial charge in [-0.1, -0.05) is 24.3 Å². The zero-order valence-electron chi connectivity index (χ0n) is 17.0. The number of carbonyl (C=O) groups excluding carboxylic acids is 1. The molecule has 1 aromatic heterocycles. The van der Waals surface area contributed by atoms with Crippen LogP contribution in [-0.4, -0.2) is 59.0 Å². The number of carbonyl (C=O) groups is 1. The van der Waals surface area contributed by atoms with E-state index in [-0.39, 0.29) is 5.91 Å². The molecule has 4 heterocycles. The zero-order chi connectivity index (χ0) is 19.8. The van der Waals surface area contributed by atoms with Crippen molar-refractivity contribution in [2.75, 3.05) is 33.3 Å². The molecule has 152 valence electrons. The summed E-state index contributed by atoms with van der Waals surface area (Å²) in [6.07, 6.45) is 5.37. The SMILES string of the molecule is CN1CCC(c2ncc3c(n2)CCN(C(=O)C2OCCc4ccccc42)C3)CC1. The van der Waals surface area contributed by atoms with Crippen LogP contribution in [0.2, 0.25) is 0 Å². The maximum atomic E-state index is 13.2. The normalized spacial score (nSPS) is 22.8. The van der Waals surface area contributed by atoms with Crippen LogP contribution >= 0.6 is 0 Å². The molecule has 0 radical (unpaired) electrons. The summed E-state index contributed by atoms with van der Waals surface area (Å²) in [5.74, 6) is 1.51. The number of benzene rings is 1. The molecule has 6 nitrogen and oxygen atoms in total. The summed E-state index contributed by atoms with van der Waals surface area (Å²) in [4.78, 5) is 27.1. The molecule has 3 aliphatic heterocycles. The van der Waals surface area contributed by atoms with Crippen molar-refractivity contribution in [2.45, 2.75) is 44.2 Å². The van der Waals surface area contributed by atoms with E-state index in [4.69, 9.17) is 9.72 Å². The summed E-state index contributed by atoms with van der Waals surface area (Å²) in [6, 6.07) is 8.13. The number of hydrogen-bond donors (Lipinski definition) is 0. The average molecular weight is 393 g/mol. The van der Waals surface area contributed by atoms with Crippen molar-refractivity contribution in [1.82, 2.24) is 19.8 Å². The first kappa shape index (κ1) is 18.7. The minimum Gasteiger partial charge on any atom is -0.363 e. The molecule has 5 rings (SSSR count). The van der Waals surface area contributed by atoms with E-state index >= 15 is 0 Å². The van der Waals surface area contributed by atoms with Crippen molar-refractivity contribution in [3.05, 3.63) is 58.7 Å². The molecule has 0 bridgehead atoms. The molecule has 29 heavy (non-hydrogen) atoms. The van der Waals surface area contributed by atoms with Gasteiger partial charge in [0.25, 0.3) is 5.91 Å². The first-order chi connectivity index (χ1) is 14.2. The van der Waals surface area contributed by atoms with Crippen LogP contribution in [0.1, 0.15) is 53.1 Å². The Kier molecular flexibility index (Phi) is 5.06. The highest BCUT2D eigenvalue weighted by Crippen LogP contribution is 2.31. The van der Waals surface area contributed by atoms with Gasteiger partial charge in [-0.3, -0.25) is 4.79 Å². The molecule has 2 aromatic rings. The molecule has 3 aliphatic rings. The number of likely N-dealkylation sites (tertiary alicyclic amines) is 1. The number of rotatable bonds is 2. The summed E-state index contributed by atoms with van der Waals surface area (Å²) >= 11 is 0. The van der Waals surface area contributed by atoms with Crippen molar-refractivity contribution in [3.8, 4) is 0 Å². The summed E-state index contributed by atoms with van der Waals surface area (Å²) < 4.78 is 5.89. The molecule has 1 aromatic carbocycles. The third-order valence-corrected chi connectivity index (χ3v) is 6.57. The highest BCUT2D eigenvalue weighted by atomic mass is 16.5. The van der Waals surface area contributed by atoms with Gasteiger partial charge in [0.1, 0.15) is 5.82 Å². The van der Waals surface area contributed by atoms with E-state index in [0.29, 0.717) is 25.6 Å². The second kappa shape index (κ2) is 7.84. The van der Waals surface area contributed by atoms with E-state index < -0.39 is 6.10 Å². The van der Waals surface area contributed by atoms with Gasteiger partial charge in [-0.25, -0.2) is 9.97 Å². The molecule has 0 spiro atoms. The Labute approximate surface area is 171 Å². The summed E-state index contributed by atoms with van der Waals surface area (Å²) in [5.41, 5.74) is 4.43. The lowest BCUT2D eigenvalue weighted by molar-refractivity contribution is -0.146. The van der Waals surface area contributed by atoms with Gasteiger partial charge in [-0.2, -0.15) is 0 Å². The fourth-order valence-electron chi connectivity index (χ4n) is 4.75. The van der Waals surface area contributed by atoms with Gasteiger partial charge in [0.2, 0.25) is 0 Å². The first-order valence-corrected chi connectivity index (χ1v) is 10.7. The Bertz CT molecular complexity index is 908. The Morgan fingerprint density at radius 1 is 1.10 bits per heavy atom. The van der Waals surface area contributed by atoms with Gasteiger partial charge in [0.05, 0.1) is 12.3 Å². The lowest BCUT2D eigenvalue weighted by Crippen LogP contribution is -2.41. The average Bonchev–Trinajstić information content (AvgIpc) is 2.78. The van der Waals surface area contributed by atoms with Crippen molar-refractivity contribution < 1.29 is 9.53 Å². The fraction of sp³-hybridized carbons (Fsp3) is 0.522. The number of fused-ring (bicyclic) bond motifs is 2. The quantitative estimate of drug-likeness (QED) is 0.786. The highest BCUT2D eigenvalue weighted by Gasteiger charge is 2.33. The topological polar surface area (TPSA) is 58.6 Å². The van der Waals surface area contributed by atoms with Gasteiger partial charge < -0.3 is 14.5 Å². The van der Waals surface area contributed by atoms with Crippen LogP contribution in [0.3, 0.4) is 0 Å². The summed E-state index contributed by atoms with van der Waals surface area (Å²) in [5, 5.41) is 0. The van der Waals surface area contributed by atoms with Crippen LogP contribution in [-0.2, 0) is 28.9 Å². The van der Waals surface area contributed by atoms with Crippen LogP contribution in [0.5, 0.6) is 0 Å². The minimum absolute atomic E-state index is 0.0576. The van der Waals surface area contributed by atoms with Crippen molar-refractivity contribution in [3.63, 3.8) is 0 Å². The molecule has 0 N–H and O–H groups in total. The smallest absolute Gasteiger partial charge is 0.256 e. The maximum Gasteiger partial charge on any atom is 0.256 e. The van der Waals surface area contributed by atoms with Crippen molar-refractivity contribution in [1.29, 1.82) is 0 Å². The Morgan fingerprint density at radius 2 is 1.93 bits per heavy atom. The Hall–Kier alpha value is -2.31. The van der Waals surface area contributed by atoms with E-state index in [9.17, 15) is 4.79 Å². The molecule has 1 amide bonds. The molecule has 1 atom stereocenters. The zero-order valence-corrected chi connectivity index (χ0v) is 17.0. The molecular weight excluding hydrogens is 364 g/mol. The van der Waals surface area contributed by atoms with Crippen LogP contribution in [0.4, 0.5) is 0 Å². The summed E-state index contributed by atoms with van der Waals surface area (Å²) in [6.45, 7) is 4.08. The predicted molar refractivity (Wildman–Crippen MR) is 109 cm³/mol. The van der Waals surface area contributed by atoms with E-state index in [0.717, 1.165) is 61.4 Å². The van der Waals surface area contributed by atoms with E-state index in [1.165, 1.54) is 5.56 Å². The number of aromatic nitrogens is 2. The third kappa shape index (κ3) is 3.67. The van der Waals surface area contributed by atoms with E-state index in [2.05, 4.69) is 23.0 Å². The number of amides is 1. The fourth-order valence-corrected chi connectivity index (χ4v) is 4.75. The second-order valence-electron chi connectivity index (χ2n) is 8.49. The maximum absolute atomic E-state index is 13.2. The molecule has 1 unspecified atom stereocenters. The van der Waals surface area contributed by atoms with E-state index in [1.807, 2.05) is 29.3 Å². The van der Waals surface area contributed by atoms with Crippen molar-refractivity contribution >= 4 is 5.91 Å². The number of hydrogen-bond acceptors (Lipinski definition) is 5. The Balaban J connectivity index is 1.31. The van der Waals surface area contributed by atoms with Crippen LogP contribution < -0.4 is 0 Å². The van der Waals surface area contributed by atoms with Gasteiger partial charge in [-0.05, 0) is 50.5 Å². The van der Waals surface area contributed by atoms with E-state index in [1.54, 1.807) is 0 Å². The third-order valence-electron chi connectivity index (χ3n) is 6.57. The molecular formula is C23H28N4O2. The Morgan fingerprint density at radius 3 is 2.79 bits per heavy atom.